The summed E-state index contributed by atoms with van der Waals surface area (Å²) in [6, 6.07) is 17.3. The Morgan fingerprint density at radius 3 is 2.71 bits per heavy atom. The van der Waals surface area contributed by atoms with Crippen LogP contribution in [0.1, 0.15) is 29.7 Å². The summed E-state index contributed by atoms with van der Waals surface area (Å²) in [4.78, 5) is 4.36. The van der Waals surface area contributed by atoms with E-state index >= 15 is 0 Å². The van der Waals surface area contributed by atoms with Gasteiger partial charge in [0.15, 0.2) is 0 Å². The van der Waals surface area contributed by atoms with Crippen molar-refractivity contribution < 1.29 is 0 Å². The number of aromatic nitrogens is 1. The number of hydrogen-bond donors (Lipinski definition) is 1. The number of pyridine rings is 1. The van der Waals surface area contributed by atoms with Crippen LogP contribution < -0.4 is 5.32 Å². The maximum absolute atomic E-state index is 4.36. The number of anilines is 1. The highest BCUT2D eigenvalue weighted by Crippen LogP contribution is 2.25. The SMILES string of the molecule is Cc1ccc(C)c(C(C)Nc2ccc3ncccc3c2)c1. The van der Waals surface area contributed by atoms with E-state index in [-0.39, 0.29) is 6.04 Å². The van der Waals surface area contributed by atoms with Gasteiger partial charge in [0.2, 0.25) is 0 Å². The predicted octanol–water partition coefficient (Wildman–Crippen LogP) is 5.02. The molecule has 0 spiro atoms. The first-order chi connectivity index (χ1) is 10.1. The van der Waals surface area contributed by atoms with Crippen molar-refractivity contribution in [2.45, 2.75) is 26.8 Å². The van der Waals surface area contributed by atoms with Gasteiger partial charge in [0.25, 0.3) is 0 Å². The van der Waals surface area contributed by atoms with E-state index in [0.717, 1.165) is 16.6 Å². The number of rotatable bonds is 3. The van der Waals surface area contributed by atoms with Crippen LogP contribution in [0.15, 0.2) is 54.7 Å². The van der Waals surface area contributed by atoms with E-state index in [1.807, 2.05) is 12.3 Å². The Bertz CT molecular complexity index is 777. The maximum atomic E-state index is 4.36. The molecule has 106 valence electrons. The van der Waals surface area contributed by atoms with Crippen molar-refractivity contribution >= 4 is 16.6 Å². The first kappa shape index (κ1) is 13.6. The molecule has 1 aromatic heterocycles. The van der Waals surface area contributed by atoms with Gasteiger partial charge in [-0.15, -0.1) is 0 Å². The molecule has 0 saturated carbocycles. The van der Waals surface area contributed by atoms with Crippen molar-refractivity contribution in [3.63, 3.8) is 0 Å². The molecule has 0 radical (unpaired) electrons. The molecule has 1 heterocycles. The molecule has 2 nitrogen and oxygen atoms in total. The van der Waals surface area contributed by atoms with Crippen LogP contribution in [0.4, 0.5) is 5.69 Å². The third-order valence-electron chi connectivity index (χ3n) is 3.89. The minimum absolute atomic E-state index is 0.277. The van der Waals surface area contributed by atoms with Crippen molar-refractivity contribution in [1.82, 2.24) is 4.98 Å². The average molecular weight is 276 g/mol. The van der Waals surface area contributed by atoms with Crippen LogP contribution in [0.3, 0.4) is 0 Å². The molecule has 0 saturated heterocycles. The highest BCUT2D eigenvalue weighted by Gasteiger charge is 2.09. The molecule has 0 aliphatic carbocycles. The summed E-state index contributed by atoms with van der Waals surface area (Å²) < 4.78 is 0. The number of hydrogen-bond acceptors (Lipinski definition) is 2. The fourth-order valence-electron chi connectivity index (χ4n) is 2.72. The van der Waals surface area contributed by atoms with E-state index in [1.165, 1.54) is 16.7 Å². The largest absolute Gasteiger partial charge is 0.378 e. The van der Waals surface area contributed by atoms with Crippen LogP contribution in [0.5, 0.6) is 0 Å². The normalized spacial score (nSPS) is 12.3. The topological polar surface area (TPSA) is 24.9 Å². The summed E-state index contributed by atoms with van der Waals surface area (Å²) >= 11 is 0. The van der Waals surface area contributed by atoms with E-state index in [9.17, 15) is 0 Å². The van der Waals surface area contributed by atoms with E-state index < -0.39 is 0 Å². The second-order valence-electron chi connectivity index (χ2n) is 5.64. The first-order valence-electron chi connectivity index (χ1n) is 7.32. The van der Waals surface area contributed by atoms with Crippen LogP contribution in [0.25, 0.3) is 10.9 Å². The molecule has 0 aliphatic rings. The quantitative estimate of drug-likeness (QED) is 0.726. The standard InChI is InChI=1S/C19H20N2/c1-13-6-7-14(2)18(11-13)15(3)21-17-8-9-19-16(12-17)5-4-10-20-19/h4-12,15,21H,1-3H3. The van der Waals surface area contributed by atoms with Crippen molar-refractivity contribution in [2.75, 3.05) is 5.32 Å². The van der Waals surface area contributed by atoms with Gasteiger partial charge in [-0.3, -0.25) is 4.98 Å². The fraction of sp³-hybridized carbons (Fsp3) is 0.211. The van der Waals surface area contributed by atoms with Crippen LogP contribution >= 0.6 is 0 Å². The van der Waals surface area contributed by atoms with Crippen molar-refractivity contribution in [1.29, 1.82) is 0 Å². The van der Waals surface area contributed by atoms with Gasteiger partial charge in [-0.2, -0.15) is 0 Å². The van der Waals surface area contributed by atoms with Gasteiger partial charge in [0, 0.05) is 23.3 Å². The second-order valence-corrected chi connectivity index (χ2v) is 5.64. The zero-order chi connectivity index (χ0) is 14.8. The minimum Gasteiger partial charge on any atom is -0.378 e. The van der Waals surface area contributed by atoms with E-state index in [0.29, 0.717) is 0 Å². The molecule has 1 atom stereocenters. The van der Waals surface area contributed by atoms with E-state index in [2.05, 4.69) is 73.5 Å². The van der Waals surface area contributed by atoms with Crippen molar-refractivity contribution in [3.8, 4) is 0 Å². The van der Waals surface area contributed by atoms with Gasteiger partial charge in [-0.05, 0) is 56.2 Å². The lowest BCUT2D eigenvalue weighted by Crippen LogP contribution is -2.08. The predicted molar refractivity (Wildman–Crippen MR) is 89.7 cm³/mol. The van der Waals surface area contributed by atoms with Gasteiger partial charge in [0.1, 0.15) is 0 Å². The molecular weight excluding hydrogens is 256 g/mol. The molecule has 0 amide bonds. The van der Waals surface area contributed by atoms with E-state index in [4.69, 9.17) is 0 Å². The molecule has 3 rings (SSSR count). The average Bonchev–Trinajstić information content (AvgIpc) is 2.49. The summed E-state index contributed by atoms with van der Waals surface area (Å²) in [6.07, 6.45) is 1.83. The van der Waals surface area contributed by atoms with Crippen LogP contribution in [-0.2, 0) is 0 Å². The Morgan fingerprint density at radius 1 is 1.00 bits per heavy atom. The van der Waals surface area contributed by atoms with E-state index in [1.54, 1.807) is 0 Å². The zero-order valence-corrected chi connectivity index (χ0v) is 12.7. The molecular formula is C19H20N2. The first-order valence-corrected chi connectivity index (χ1v) is 7.32. The third kappa shape index (κ3) is 2.89. The molecule has 1 N–H and O–H groups in total. The Morgan fingerprint density at radius 2 is 1.86 bits per heavy atom. The summed E-state index contributed by atoms with van der Waals surface area (Å²) in [7, 11) is 0. The molecule has 2 heteroatoms. The summed E-state index contributed by atoms with van der Waals surface area (Å²) in [5, 5.41) is 4.75. The molecule has 21 heavy (non-hydrogen) atoms. The van der Waals surface area contributed by atoms with Gasteiger partial charge < -0.3 is 5.32 Å². The lowest BCUT2D eigenvalue weighted by molar-refractivity contribution is 0.872. The zero-order valence-electron chi connectivity index (χ0n) is 12.7. The van der Waals surface area contributed by atoms with Gasteiger partial charge in [-0.1, -0.05) is 29.8 Å². The highest BCUT2D eigenvalue weighted by molar-refractivity contribution is 5.82. The number of nitrogens with zero attached hydrogens (tertiary/aromatic N) is 1. The molecule has 2 aromatic carbocycles. The molecule has 0 fully saturated rings. The Hall–Kier alpha value is -2.35. The maximum Gasteiger partial charge on any atom is 0.0703 e. The van der Waals surface area contributed by atoms with Crippen LogP contribution in [0, 0.1) is 13.8 Å². The Kier molecular flexibility index (Phi) is 3.61. The Balaban J connectivity index is 1.88. The summed E-state index contributed by atoms with van der Waals surface area (Å²) in [5.41, 5.74) is 6.13. The molecule has 0 bridgehead atoms. The molecule has 1 unspecified atom stereocenters. The van der Waals surface area contributed by atoms with Gasteiger partial charge >= 0.3 is 0 Å². The Labute approximate surface area is 125 Å². The lowest BCUT2D eigenvalue weighted by Gasteiger charge is -2.19. The summed E-state index contributed by atoms with van der Waals surface area (Å²) in [6.45, 7) is 6.50. The summed E-state index contributed by atoms with van der Waals surface area (Å²) in [5.74, 6) is 0. The number of fused-ring (bicyclic) bond motifs is 1. The van der Waals surface area contributed by atoms with Gasteiger partial charge in [0.05, 0.1) is 5.52 Å². The lowest BCUT2D eigenvalue weighted by atomic mass is 10.00. The molecule has 3 aromatic rings. The van der Waals surface area contributed by atoms with Gasteiger partial charge in [-0.25, -0.2) is 0 Å². The monoisotopic (exact) mass is 276 g/mol. The number of nitrogens with one attached hydrogen (secondary N) is 1. The minimum atomic E-state index is 0.277. The van der Waals surface area contributed by atoms with Crippen molar-refractivity contribution in [3.05, 3.63) is 71.4 Å². The van der Waals surface area contributed by atoms with Crippen LogP contribution in [-0.4, -0.2) is 4.98 Å². The third-order valence-corrected chi connectivity index (χ3v) is 3.89. The van der Waals surface area contributed by atoms with Crippen molar-refractivity contribution in [2.24, 2.45) is 0 Å². The fourth-order valence-corrected chi connectivity index (χ4v) is 2.72. The highest BCUT2D eigenvalue weighted by atomic mass is 14.9. The number of aryl methyl sites for hydroxylation is 2. The number of benzene rings is 2. The molecule has 0 aliphatic heterocycles. The van der Waals surface area contributed by atoms with Crippen LogP contribution in [0.2, 0.25) is 0 Å². The second kappa shape index (κ2) is 5.57. The smallest absolute Gasteiger partial charge is 0.0703 e.